The number of carbonyl (C=O) groups excluding carboxylic acids is 2. The highest BCUT2D eigenvalue weighted by Gasteiger charge is 2.41. The van der Waals surface area contributed by atoms with Gasteiger partial charge < -0.3 is 24.6 Å². The van der Waals surface area contributed by atoms with Crippen molar-refractivity contribution in [3.63, 3.8) is 0 Å². The summed E-state index contributed by atoms with van der Waals surface area (Å²) >= 11 is 12.7. The molecule has 1 atom stereocenters. The average Bonchev–Trinajstić information content (AvgIpc) is 3.00. The molecule has 2 aliphatic rings. The van der Waals surface area contributed by atoms with Gasteiger partial charge in [-0.25, -0.2) is 0 Å². The first-order valence-electron chi connectivity index (χ1n) is 14.3. The standard InChI is InChI=1S/C33H37Cl2N3O4/c1-37(32(40)24-9-11-29(41-2)30(19-24)42-3)21-25(22-8-10-27(34)28(35)18-22)12-15-38-16-13-33(14-17-38)26-7-5-4-6-23(26)20-31(39)36-33/h4-11,18-19,25H,12-17,20-21H2,1-3H3,(H,36,39). The number of methoxy groups -OCH3 is 2. The largest absolute Gasteiger partial charge is 0.493 e. The number of hydrogen-bond donors (Lipinski definition) is 1. The molecule has 1 unspecified atom stereocenters. The average molecular weight is 611 g/mol. The number of ether oxygens (including phenoxy) is 2. The summed E-state index contributed by atoms with van der Waals surface area (Å²) in [4.78, 5) is 30.2. The van der Waals surface area contributed by atoms with E-state index in [-0.39, 0.29) is 23.3 Å². The lowest BCUT2D eigenvalue weighted by atomic mass is 9.75. The molecule has 2 aliphatic heterocycles. The summed E-state index contributed by atoms with van der Waals surface area (Å²) in [6.07, 6.45) is 3.01. The van der Waals surface area contributed by atoms with Gasteiger partial charge in [0.05, 0.1) is 36.2 Å². The molecular formula is C33H37Cl2N3O4. The molecule has 1 spiro atoms. The van der Waals surface area contributed by atoms with Crippen molar-refractivity contribution in [2.75, 3.05) is 47.4 Å². The van der Waals surface area contributed by atoms with Crippen LogP contribution in [0, 0.1) is 0 Å². The number of likely N-dealkylation sites (N-methyl/N-ethyl adjacent to an activating group) is 1. The molecule has 0 radical (unpaired) electrons. The molecule has 0 aliphatic carbocycles. The Morgan fingerprint density at radius 3 is 2.45 bits per heavy atom. The minimum Gasteiger partial charge on any atom is -0.493 e. The van der Waals surface area contributed by atoms with Crippen LogP contribution >= 0.6 is 23.2 Å². The highest BCUT2D eigenvalue weighted by atomic mass is 35.5. The highest BCUT2D eigenvalue weighted by Crippen LogP contribution is 2.38. The molecule has 1 fully saturated rings. The van der Waals surface area contributed by atoms with Gasteiger partial charge in [0.1, 0.15) is 0 Å². The van der Waals surface area contributed by atoms with Crippen LogP contribution in [-0.4, -0.2) is 69.1 Å². The Hall–Kier alpha value is -3.26. The number of amides is 2. The molecule has 2 amide bonds. The van der Waals surface area contributed by atoms with Crippen LogP contribution in [0.2, 0.25) is 10.0 Å². The van der Waals surface area contributed by atoms with E-state index in [9.17, 15) is 9.59 Å². The number of nitrogens with one attached hydrogen (secondary N) is 1. The molecule has 42 heavy (non-hydrogen) atoms. The molecule has 0 aromatic heterocycles. The number of piperidine rings is 1. The van der Waals surface area contributed by atoms with E-state index in [4.69, 9.17) is 32.7 Å². The first-order valence-corrected chi connectivity index (χ1v) is 15.0. The van der Waals surface area contributed by atoms with Gasteiger partial charge >= 0.3 is 0 Å². The maximum atomic E-state index is 13.4. The summed E-state index contributed by atoms with van der Waals surface area (Å²) < 4.78 is 10.7. The summed E-state index contributed by atoms with van der Waals surface area (Å²) in [5, 5.41) is 4.33. The Balaban J connectivity index is 1.28. The zero-order valence-electron chi connectivity index (χ0n) is 24.3. The molecule has 2 heterocycles. The van der Waals surface area contributed by atoms with Crippen LogP contribution in [0.25, 0.3) is 0 Å². The van der Waals surface area contributed by atoms with E-state index >= 15 is 0 Å². The second-order valence-electron chi connectivity index (χ2n) is 11.2. The zero-order chi connectivity index (χ0) is 29.9. The topological polar surface area (TPSA) is 71.1 Å². The van der Waals surface area contributed by atoms with Crippen molar-refractivity contribution in [2.24, 2.45) is 0 Å². The number of benzene rings is 3. The van der Waals surface area contributed by atoms with E-state index in [0.717, 1.165) is 50.0 Å². The third-order valence-corrected chi connectivity index (χ3v) is 9.39. The molecule has 9 heteroatoms. The van der Waals surface area contributed by atoms with Crippen LogP contribution < -0.4 is 14.8 Å². The van der Waals surface area contributed by atoms with E-state index in [2.05, 4.69) is 28.4 Å². The molecule has 3 aromatic rings. The molecule has 222 valence electrons. The van der Waals surface area contributed by atoms with Crippen LogP contribution in [0.15, 0.2) is 60.7 Å². The van der Waals surface area contributed by atoms with Gasteiger partial charge in [0.25, 0.3) is 5.91 Å². The number of carbonyl (C=O) groups is 2. The Bertz CT molecular complexity index is 1450. The molecule has 0 bridgehead atoms. The summed E-state index contributed by atoms with van der Waals surface area (Å²) in [7, 11) is 4.94. The number of fused-ring (bicyclic) bond motifs is 2. The summed E-state index contributed by atoms with van der Waals surface area (Å²) in [5.41, 5.74) is 3.67. The minimum absolute atomic E-state index is 0.0415. The van der Waals surface area contributed by atoms with E-state index in [1.807, 2.05) is 31.3 Å². The van der Waals surface area contributed by atoms with Gasteiger partial charge in [-0.15, -0.1) is 0 Å². The highest BCUT2D eigenvalue weighted by molar-refractivity contribution is 6.42. The van der Waals surface area contributed by atoms with Crippen molar-refractivity contribution in [3.8, 4) is 11.5 Å². The van der Waals surface area contributed by atoms with Gasteiger partial charge in [0, 0.05) is 38.2 Å². The lowest BCUT2D eigenvalue weighted by molar-refractivity contribution is -0.124. The lowest BCUT2D eigenvalue weighted by Gasteiger charge is -2.46. The van der Waals surface area contributed by atoms with Gasteiger partial charge in [0.2, 0.25) is 5.91 Å². The van der Waals surface area contributed by atoms with Gasteiger partial charge in [-0.2, -0.15) is 0 Å². The first-order chi connectivity index (χ1) is 20.2. The summed E-state index contributed by atoms with van der Waals surface area (Å²) in [6.45, 7) is 3.12. The number of hydrogen-bond acceptors (Lipinski definition) is 5. The zero-order valence-corrected chi connectivity index (χ0v) is 25.8. The van der Waals surface area contributed by atoms with E-state index in [1.165, 1.54) is 5.56 Å². The SMILES string of the molecule is COc1ccc(C(=O)N(C)CC(CCN2CCC3(CC2)NC(=O)Cc2ccccc23)c2ccc(Cl)c(Cl)c2)cc1OC. The second-order valence-corrected chi connectivity index (χ2v) is 12.0. The maximum absolute atomic E-state index is 13.4. The maximum Gasteiger partial charge on any atom is 0.253 e. The van der Waals surface area contributed by atoms with E-state index in [1.54, 1.807) is 37.3 Å². The number of nitrogens with zero attached hydrogens (tertiary/aromatic N) is 2. The Morgan fingerprint density at radius 2 is 1.74 bits per heavy atom. The Labute approximate surface area is 257 Å². The van der Waals surface area contributed by atoms with Crippen LogP contribution in [0.4, 0.5) is 0 Å². The molecular weight excluding hydrogens is 573 g/mol. The van der Waals surface area contributed by atoms with Crippen LogP contribution in [0.3, 0.4) is 0 Å². The molecule has 5 rings (SSSR count). The van der Waals surface area contributed by atoms with E-state index in [0.29, 0.717) is 40.1 Å². The third kappa shape index (κ3) is 6.38. The fraction of sp³-hybridized carbons (Fsp3) is 0.394. The third-order valence-electron chi connectivity index (χ3n) is 8.65. The smallest absolute Gasteiger partial charge is 0.253 e. The fourth-order valence-corrected chi connectivity index (χ4v) is 6.62. The lowest BCUT2D eigenvalue weighted by Crippen LogP contribution is -2.56. The first kappa shape index (κ1) is 30.2. The van der Waals surface area contributed by atoms with Crippen molar-refractivity contribution in [1.29, 1.82) is 0 Å². The molecule has 7 nitrogen and oxygen atoms in total. The van der Waals surface area contributed by atoms with Crippen molar-refractivity contribution < 1.29 is 19.1 Å². The van der Waals surface area contributed by atoms with Gasteiger partial charge in [-0.3, -0.25) is 9.59 Å². The fourth-order valence-electron chi connectivity index (χ4n) is 6.32. The molecule has 1 N–H and O–H groups in total. The summed E-state index contributed by atoms with van der Waals surface area (Å²) in [5.74, 6) is 1.12. The quantitative estimate of drug-likeness (QED) is 0.326. The minimum atomic E-state index is -0.294. The van der Waals surface area contributed by atoms with Crippen molar-refractivity contribution in [1.82, 2.24) is 15.1 Å². The second kappa shape index (κ2) is 12.9. The van der Waals surface area contributed by atoms with Crippen molar-refractivity contribution in [3.05, 3.63) is 93.0 Å². The van der Waals surface area contributed by atoms with E-state index < -0.39 is 0 Å². The molecule has 3 aromatic carbocycles. The number of rotatable bonds is 9. The predicted octanol–water partition coefficient (Wildman–Crippen LogP) is 5.92. The van der Waals surface area contributed by atoms with Gasteiger partial charge in [-0.1, -0.05) is 53.5 Å². The molecule has 0 saturated carbocycles. The van der Waals surface area contributed by atoms with Gasteiger partial charge in [0.15, 0.2) is 11.5 Å². The monoisotopic (exact) mass is 609 g/mol. The normalized spacial score (nSPS) is 16.8. The predicted molar refractivity (Wildman–Crippen MR) is 166 cm³/mol. The Morgan fingerprint density at radius 1 is 1.00 bits per heavy atom. The number of likely N-dealkylation sites (tertiary alicyclic amines) is 1. The van der Waals surface area contributed by atoms with Crippen LogP contribution in [-0.2, 0) is 16.8 Å². The molecule has 1 saturated heterocycles. The number of halogens is 2. The van der Waals surface area contributed by atoms with Crippen LogP contribution in [0.1, 0.15) is 52.2 Å². The summed E-state index contributed by atoms with van der Waals surface area (Å²) in [6, 6.07) is 19.2. The Kier molecular flexibility index (Phi) is 9.31. The van der Waals surface area contributed by atoms with Crippen molar-refractivity contribution in [2.45, 2.75) is 37.1 Å². The van der Waals surface area contributed by atoms with Crippen LogP contribution in [0.5, 0.6) is 11.5 Å². The van der Waals surface area contributed by atoms with Gasteiger partial charge in [-0.05, 0) is 72.8 Å². The van der Waals surface area contributed by atoms with Crippen molar-refractivity contribution >= 4 is 35.0 Å².